The van der Waals surface area contributed by atoms with Crippen molar-refractivity contribution in [3.05, 3.63) is 29.8 Å². The fourth-order valence-electron chi connectivity index (χ4n) is 3.16. The first-order chi connectivity index (χ1) is 10.2. The summed E-state index contributed by atoms with van der Waals surface area (Å²) in [6, 6.07) is 8.00. The zero-order chi connectivity index (χ0) is 14.7. The molecule has 1 fully saturated rings. The molecule has 21 heavy (non-hydrogen) atoms. The predicted molar refractivity (Wildman–Crippen MR) is 84.7 cm³/mol. The van der Waals surface area contributed by atoms with E-state index in [1.165, 1.54) is 19.3 Å². The number of ether oxygens (including phenoxy) is 1. The highest BCUT2D eigenvalue weighted by Gasteiger charge is 2.34. The van der Waals surface area contributed by atoms with Gasteiger partial charge in [-0.2, -0.15) is 0 Å². The van der Waals surface area contributed by atoms with E-state index in [-0.39, 0.29) is 5.66 Å². The molecule has 1 spiro atoms. The SMILES string of the molecule is COc1ccccc1CC1=NC2(CCCCC2)N=C(N)N1. The number of hydrogen-bond acceptors (Lipinski definition) is 5. The molecule has 1 aromatic carbocycles. The summed E-state index contributed by atoms with van der Waals surface area (Å²) in [6.07, 6.45) is 6.27. The van der Waals surface area contributed by atoms with E-state index in [1.807, 2.05) is 18.2 Å². The van der Waals surface area contributed by atoms with Gasteiger partial charge < -0.3 is 15.8 Å². The fourth-order valence-corrected chi connectivity index (χ4v) is 3.16. The molecule has 5 heteroatoms. The second-order valence-electron chi connectivity index (χ2n) is 5.71. The predicted octanol–water partition coefficient (Wildman–Crippen LogP) is 2.21. The van der Waals surface area contributed by atoms with Crippen LogP contribution in [-0.4, -0.2) is 24.6 Å². The van der Waals surface area contributed by atoms with E-state index in [2.05, 4.69) is 16.4 Å². The first-order valence-corrected chi connectivity index (χ1v) is 7.54. The summed E-state index contributed by atoms with van der Waals surface area (Å²) in [4.78, 5) is 9.45. The maximum Gasteiger partial charge on any atom is 0.196 e. The van der Waals surface area contributed by atoms with Gasteiger partial charge in [-0.3, -0.25) is 0 Å². The van der Waals surface area contributed by atoms with Gasteiger partial charge in [-0.1, -0.05) is 24.6 Å². The first kappa shape index (κ1) is 13.9. The van der Waals surface area contributed by atoms with Crippen LogP contribution in [0.1, 0.15) is 37.7 Å². The van der Waals surface area contributed by atoms with E-state index in [4.69, 9.17) is 15.5 Å². The highest BCUT2D eigenvalue weighted by Crippen LogP contribution is 2.34. The molecule has 0 amide bonds. The maximum atomic E-state index is 5.98. The van der Waals surface area contributed by atoms with Gasteiger partial charge in [0.15, 0.2) is 11.6 Å². The maximum absolute atomic E-state index is 5.98. The van der Waals surface area contributed by atoms with Crippen molar-refractivity contribution < 1.29 is 4.74 Å². The van der Waals surface area contributed by atoms with E-state index >= 15 is 0 Å². The second kappa shape index (κ2) is 5.76. The lowest BCUT2D eigenvalue weighted by molar-refractivity contribution is 0.306. The number of methoxy groups -OCH3 is 1. The minimum atomic E-state index is -0.328. The summed E-state index contributed by atoms with van der Waals surface area (Å²) < 4.78 is 5.41. The molecule has 0 bridgehead atoms. The molecular weight excluding hydrogens is 264 g/mol. The van der Waals surface area contributed by atoms with Gasteiger partial charge in [0.2, 0.25) is 0 Å². The zero-order valence-corrected chi connectivity index (χ0v) is 12.4. The summed E-state index contributed by atoms with van der Waals surface area (Å²) in [5, 5.41) is 3.11. The molecule has 1 saturated carbocycles. The molecule has 2 aliphatic rings. The lowest BCUT2D eigenvalue weighted by atomic mass is 9.89. The third kappa shape index (κ3) is 3.01. The molecule has 5 nitrogen and oxygen atoms in total. The molecule has 1 heterocycles. The van der Waals surface area contributed by atoms with Gasteiger partial charge in [0.1, 0.15) is 11.6 Å². The highest BCUT2D eigenvalue weighted by molar-refractivity contribution is 6.01. The standard InChI is InChI=1S/C16H22N4O/c1-21-13-8-4-3-7-12(13)11-14-18-15(17)20-16(19-14)9-5-2-6-10-16/h3-4,7-8H,2,5-6,9-11H2,1H3,(H3,17,18,19,20). The summed E-state index contributed by atoms with van der Waals surface area (Å²) >= 11 is 0. The van der Waals surface area contributed by atoms with E-state index < -0.39 is 0 Å². The Balaban J connectivity index is 1.84. The van der Waals surface area contributed by atoms with Crippen LogP contribution in [0.15, 0.2) is 34.3 Å². The van der Waals surface area contributed by atoms with Crippen LogP contribution in [0.2, 0.25) is 0 Å². The Hall–Kier alpha value is -2.04. The molecule has 1 aliphatic heterocycles. The molecular formula is C16H22N4O. The van der Waals surface area contributed by atoms with Crippen LogP contribution >= 0.6 is 0 Å². The van der Waals surface area contributed by atoms with Crippen molar-refractivity contribution in [1.82, 2.24) is 5.32 Å². The van der Waals surface area contributed by atoms with Crippen molar-refractivity contribution >= 4 is 11.8 Å². The van der Waals surface area contributed by atoms with Gasteiger partial charge in [0.25, 0.3) is 0 Å². The number of aliphatic imine (C=N–C) groups is 2. The zero-order valence-electron chi connectivity index (χ0n) is 12.4. The van der Waals surface area contributed by atoms with Gasteiger partial charge in [-0.25, -0.2) is 9.98 Å². The number of nitrogens with two attached hydrogens (primary N) is 1. The van der Waals surface area contributed by atoms with Crippen LogP contribution in [0.5, 0.6) is 5.75 Å². The number of rotatable bonds is 3. The normalized spacial score (nSPS) is 20.4. The monoisotopic (exact) mass is 286 g/mol. The number of para-hydroxylation sites is 1. The molecule has 0 radical (unpaired) electrons. The van der Waals surface area contributed by atoms with Crippen LogP contribution in [0.25, 0.3) is 0 Å². The molecule has 112 valence electrons. The van der Waals surface area contributed by atoms with Crippen molar-refractivity contribution in [2.75, 3.05) is 7.11 Å². The van der Waals surface area contributed by atoms with Gasteiger partial charge in [-0.05, 0) is 31.7 Å². The van der Waals surface area contributed by atoms with Crippen molar-refractivity contribution in [3.63, 3.8) is 0 Å². The number of hydrogen-bond donors (Lipinski definition) is 2. The number of guanidine groups is 1. The van der Waals surface area contributed by atoms with Crippen LogP contribution in [0, 0.1) is 0 Å². The third-order valence-corrected chi connectivity index (χ3v) is 4.15. The summed E-state index contributed by atoms with van der Waals surface area (Å²) in [7, 11) is 1.69. The summed E-state index contributed by atoms with van der Waals surface area (Å²) in [5.41, 5.74) is 6.76. The Morgan fingerprint density at radius 3 is 2.71 bits per heavy atom. The average Bonchev–Trinajstić information content (AvgIpc) is 2.47. The Kier molecular flexibility index (Phi) is 3.82. The van der Waals surface area contributed by atoms with Crippen LogP contribution in [0.3, 0.4) is 0 Å². The number of nitrogens with one attached hydrogen (secondary N) is 1. The van der Waals surface area contributed by atoms with Crippen molar-refractivity contribution in [3.8, 4) is 5.75 Å². The Bertz CT molecular complexity index is 573. The van der Waals surface area contributed by atoms with Crippen molar-refractivity contribution in [1.29, 1.82) is 0 Å². The molecule has 0 aromatic heterocycles. The van der Waals surface area contributed by atoms with Gasteiger partial charge >= 0.3 is 0 Å². The average molecular weight is 286 g/mol. The van der Waals surface area contributed by atoms with Crippen LogP contribution in [0.4, 0.5) is 0 Å². The van der Waals surface area contributed by atoms with E-state index in [1.54, 1.807) is 7.11 Å². The second-order valence-corrected chi connectivity index (χ2v) is 5.71. The quantitative estimate of drug-likeness (QED) is 0.895. The Morgan fingerprint density at radius 2 is 1.95 bits per heavy atom. The Morgan fingerprint density at radius 1 is 1.19 bits per heavy atom. The smallest absolute Gasteiger partial charge is 0.196 e. The molecule has 3 N–H and O–H groups in total. The minimum Gasteiger partial charge on any atom is -0.496 e. The van der Waals surface area contributed by atoms with Crippen molar-refractivity contribution in [2.45, 2.75) is 44.2 Å². The molecule has 0 unspecified atom stereocenters. The lowest BCUT2D eigenvalue weighted by Crippen LogP contribution is -2.47. The molecule has 1 aliphatic carbocycles. The first-order valence-electron chi connectivity index (χ1n) is 7.54. The number of nitrogens with zero attached hydrogens (tertiary/aromatic N) is 2. The number of benzene rings is 1. The lowest BCUT2D eigenvalue weighted by Gasteiger charge is -2.34. The van der Waals surface area contributed by atoms with Crippen molar-refractivity contribution in [2.24, 2.45) is 15.7 Å². The minimum absolute atomic E-state index is 0.328. The summed E-state index contributed by atoms with van der Waals surface area (Å²) in [6.45, 7) is 0. The highest BCUT2D eigenvalue weighted by atomic mass is 16.5. The largest absolute Gasteiger partial charge is 0.496 e. The van der Waals surface area contributed by atoms with Crippen LogP contribution in [-0.2, 0) is 6.42 Å². The van der Waals surface area contributed by atoms with E-state index in [0.29, 0.717) is 12.4 Å². The van der Waals surface area contributed by atoms with E-state index in [0.717, 1.165) is 30.0 Å². The molecule has 0 atom stereocenters. The third-order valence-electron chi connectivity index (χ3n) is 4.15. The fraction of sp³-hybridized carbons (Fsp3) is 0.500. The van der Waals surface area contributed by atoms with Gasteiger partial charge in [-0.15, -0.1) is 0 Å². The number of amidine groups is 1. The Labute approximate surface area is 125 Å². The summed E-state index contributed by atoms with van der Waals surface area (Å²) in [5.74, 6) is 2.24. The van der Waals surface area contributed by atoms with Crippen LogP contribution < -0.4 is 15.8 Å². The molecule has 1 aromatic rings. The molecule has 0 saturated heterocycles. The topological polar surface area (TPSA) is 72.0 Å². The van der Waals surface area contributed by atoms with E-state index in [9.17, 15) is 0 Å². The molecule has 3 rings (SSSR count). The van der Waals surface area contributed by atoms with Gasteiger partial charge in [0, 0.05) is 12.0 Å². The van der Waals surface area contributed by atoms with Gasteiger partial charge in [0.05, 0.1) is 7.11 Å².